The van der Waals surface area contributed by atoms with Crippen LogP contribution in [0.1, 0.15) is 5.56 Å². The number of carbonyl (C=O) groups excluding carboxylic acids is 2. The first-order valence-electron chi connectivity index (χ1n) is 6.64. The Bertz CT molecular complexity index is 761. The third-order valence-electron chi connectivity index (χ3n) is 3.52. The van der Waals surface area contributed by atoms with E-state index in [2.05, 4.69) is 10.3 Å². The van der Waals surface area contributed by atoms with Crippen LogP contribution in [-0.2, 0) is 9.59 Å². The van der Waals surface area contributed by atoms with Crippen molar-refractivity contribution in [2.45, 2.75) is 6.92 Å². The third kappa shape index (κ3) is 2.19. The average Bonchev–Trinajstić information content (AvgIpc) is 2.96. The number of H-pyrrole nitrogens is 1. The second kappa shape index (κ2) is 5.06. The molecule has 0 fully saturated rings. The smallest absolute Gasteiger partial charge is 0.277 e. The summed E-state index contributed by atoms with van der Waals surface area (Å²) < 4.78 is 0. The first kappa shape index (κ1) is 13.4. The van der Waals surface area contributed by atoms with Gasteiger partial charge in [0.25, 0.3) is 11.8 Å². The van der Waals surface area contributed by atoms with Crippen LogP contribution in [0.3, 0.4) is 0 Å². The Hall–Kier alpha value is -2.60. The lowest BCUT2D eigenvalue weighted by molar-refractivity contribution is -0.137. The fourth-order valence-corrected chi connectivity index (χ4v) is 2.45. The minimum atomic E-state index is -0.422. The summed E-state index contributed by atoms with van der Waals surface area (Å²) in [6.45, 7) is 1.75. The van der Waals surface area contributed by atoms with E-state index in [1.54, 1.807) is 0 Å². The van der Waals surface area contributed by atoms with E-state index in [4.69, 9.17) is 5.11 Å². The van der Waals surface area contributed by atoms with E-state index in [1.807, 2.05) is 31.3 Å². The Kier molecular flexibility index (Phi) is 3.23. The molecule has 6 heteroatoms. The predicted molar refractivity (Wildman–Crippen MR) is 78.5 cm³/mol. The van der Waals surface area contributed by atoms with Gasteiger partial charge in [0.1, 0.15) is 5.70 Å². The number of benzene rings is 1. The van der Waals surface area contributed by atoms with Crippen molar-refractivity contribution in [3.8, 4) is 0 Å². The molecule has 3 N–H and O–H groups in total. The Balaban J connectivity index is 1.91. The van der Waals surface area contributed by atoms with Crippen LogP contribution in [0.4, 0.5) is 5.69 Å². The topological polar surface area (TPSA) is 85.4 Å². The predicted octanol–water partition coefficient (Wildman–Crippen LogP) is 1.13. The van der Waals surface area contributed by atoms with Gasteiger partial charge in [-0.15, -0.1) is 0 Å². The molecule has 0 atom stereocenters. The number of imide groups is 1. The molecule has 0 spiro atoms. The first-order valence-corrected chi connectivity index (χ1v) is 6.64. The molecule has 0 bridgehead atoms. The van der Waals surface area contributed by atoms with E-state index >= 15 is 0 Å². The summed E-state index contributed by atoms with van der Waals surface area (Å²) >= 11 is 0. The Morgan fingerprint density at radius 1 is 1.33 bits per heavy atom. The maximum absolute atomic E-state index is 12.1. The monoisotopic (exact) mass is 285 g/mol. The number of fused-ring (bicyclic) bond motifs is 1. The Morgan fingerprint density at radius 2 is 2.14 bits per heavy atom. The van der Waals surface area contributed by atoms with Gasteiger partial charge in [-0.2, -0.15) is 0 Å². The number of rotatable bonds is 4. The molecule has 1 aromatic heterocycles. The summed E-state index contributed by atoms with van der Waals surface area (Å²) in [4.78, 5) is 28.0. The summed E-state index contributed by atoms with van der Waals surface area (Å²) in [7, 11) is 0. The van der Waals surface area contributed by atoms with Crippen molar-refractivity contribution in [1.29, 1.82) is 0 Å². The largest absolute Gasteiger partial charge is 0.395 e. The van der Waals surface area contributed by atoms with Crippen molar-refractivity contribution < 1.29 is 14.7 Å². The number of aryl methyl sites for hydroxylation is 1. The van der Waals surface area contributed by atoms with Crippen LogP contribution >= 0.6 is 0 Å². The standard InChI is InChI=1S/C15H15N3O3/c1-9-8-16-14-10(9)3-2-4-11(14)17-12-7-13(20)18(5-6-19)15(12)21/h2-4,7-8,16-17,19H,5-6H2,1H3. The van der Waals surface area contributed by atoms with Gasteiger partial charge in [0.2, 0.25) is 0 Å². The molecule has 2 aromatic rings. The molecule has 0 aliphatic carbocycles. The van der Waals surface area contributed by atoms with Gasteiger partial charge in [-0.25, -0.2) is 0 Å². The Labute approximate surface area is 121 Å². The molecule has 2 amide bonds. The van der Waals surface area contributed by atoms with Gasteiger partial charge in [0.05, 0.1) is 24.4 Å². The summed E-state index contributed by atoms with van der Waals surface area (Å²) in [5.41, 5.74) is 2.95. The zero-order valence-electron chi connectivity index (χ0n) is 11.5. The van der Waals surface area contributed by atoms with Crippen molar-refractivity contribution >= 4 is 28.4 Å². The summed E-state index contributed by atoms with van der Waals surface area (Å²) in [5, 5.41) is 12.9. The van der Waals surface area contributed by atoms with Crippen molar-refractivity contribution in [3.63, 3.8) is 0 Å². The zero-order valence-corrected chi connectivity index (χ0v) is 11.5. The number of aromatic amines is 1. The molecule has 0 unspecified atom stereocenters. The molecular formula is C15H15N3O3. The van der Waals surface area contributed by atoms with Gasteiger partial charge >= 0.3 is 0 Å². The molecule has 0 radical (unpaired) electrons. The molecule has 1 aliphatic heterocycles. The first-order chi connectivity index (χ1) is 10.1. The summed E-state index contributed by atoms with van der Waals surface area (Å²) in [5.74, 6) is -0.833. The van der Waals surface area contributed by atoms with Gasteiger partial charge in [-0.1, -0.05) is 12.1 Å². The van der Waals surface area contributed by atoms with E-state index in [1.165, 1.54) is 6.08 Å². The van der Waals surface area contributed by atoms with Gasteiger partial charge in [0.15, 0.2) is 0 Å². The number of anilines is 1. The normalized spacial score (nSPS) is 15.0. The highest BCUT2D eigenvalue weighted by molar-refractivity contribution is 6.18. The van der Waals surface area contributed by atoms with Crippen molar-refractivity contribution in [2.75, 3.05) is 18.5 Å². The molecule has 6 nitrogen and oxygen atoms in total. The molecule has 108 valence electrons. The van der Waals surface area contributed by atoms with E-state index in [0.717, 1.165) is 27.1 Å². The second-order valence-electron chi connectivity index (χ2n) is 4.90. The molecule has 0 saturated carbocycles. The van der Waals surface area contributed by atoms with Crippen LogP contribution in [0.2, 0.25) is 0 Å². The van der Waals surface area contributed by atoms with Crippen LogP contribution in [0, 0.1) is 6.92 Å². The van der Waals surface area contributed by atoms with Gasteiger partial charge in [0, 0.05) is 17.7 Å². The number of aliphatic hydroxyl groups is 1. The molecule has 21 heavy (non-hydrogen) atoms. The van der Waals surface area contributed by atoms with Crippen molar-refractivity contribution in [3.05, 3.63) is 41.7 Å². The average molecular weight is 285 g/mol. The molecule has 1 aromatic carbocycles. The lowest BCUT2D eigenvalue weighted by atomic mass is 10.1. The number of β-amino-alcohol motifs (C(OH)–C–C–N with tert-alkyl or cyclic N) is 1. The minimum Gasteiger partial charge on any atom is -0.395 e. The third-order valence-corrected chi connectivity index (χ3v) is 3.52. The number of nitrogens with zero attached hydrogens (tertiary/aromatic N) is 1. The van der Waals surface area contributed by atoms with E-state index in [0.29, 0.717) is 0 Å². The maximum Gasteiger partial charge on any atom is 0.277 e. The number of aromatic nitrogens is 1. The van der Waals surface area contributed by atoms with E-state index in [-0.39, 0.29) is 18.8 Å². The van der Waals surface area contributed by atoms with E-state index < -0.39 is 11.8 Å². The summed E-state index contributed by atoms with van der Waals surface area (Å²) in [6.07, 6.45) is 3.15. The van der Waals surface area contributed by atoms with Crippen molar-refractivity contribution in [1.82, 2.24) is 9.88 Å². The lowest BCUT2D eigenvalue weighted by Gasteiger charge is -2.13. The maximum atomic E-state index is 12.1. The van der Waals surface area contributed by atoms with Gasteiger partial charge in [-0.3, -0.25) is 14.5 Å². The fourth-order valence-electron chi connectivity index (χ4n) is 2.45. The minimum absolute atomic E-state index is 0.00512. The molecule has 1 aliphatic rings. The fraction of sp³-hybridized carbons (Fsp3) is 0.200. The number of aliphatic hydroxyl groups excluding tert-OH is 1. The quantitative estimate of drug-likeness (QED) is 0.735. The van der Waals surface area contributed by atoms with Crippen LogP contribution in [0.15, 0.2) is 36.2 Å². The van der Waals surface area contributed by atoms with Gasteiger partial charge in [-0.05, 0) is 18.6 Å². The number of hydrogen-bond donors (Lipinski definition) is 3. The van der Waals surface area contributed by atoms with Crippen LogP contribution in [0.25, 0.3) is 10.9 Å². The molecule has 2 heterocycles. The highest BCUT2D eigenvalue weighted by atomic mass is 16.3. The Morgan fingerprint density at radius 3 is 2.90 bits per heavy atom. The second-order valence-corrected chi connectivity index (χ2v) is 4.90. The van der Waals surface area contributed by atoms with Crippen molar-refractivity contribution in [2.24, 2.45) is 0 Å². The molecule has 0 saturated heterocycles. The van der Waals surface area contributed by atoms with Crippen LogP contribution in [-0.4, -0.2) is 40.0 Å². The van der Waals surface area contributed by atoms with Gasteiger partial charge < -0.3 is 15.4 Å². The summed E-state index contributed by atoms with van der Waals surface area (Å²) in [6, 6.07) is 5.71. The van der Waals surface area contributed by atoms with Crippen LogP contribution in [0.5, 0.6) is 0 Å². The highest BCUT2D eigenvalue weighted by Gasteiger charge is 2.30. The number of carbonyl (C=O) groups is 2. The highest BCUT2D eigenvalue weighted by Crippen LogP contribution is 2.27. The number of nitrogens with one attached hydrogen (secondary N) is 2. The van der Waals surface area contributed by atoms with E-state index in [9.17, 15) is 9.59 Å². The number of amides is 2. The SMILES string of the molecule is Cc1c[nH]c2c(NC3=CC(=O)N(CCO)C3=O)cccc12. The zero-order chi connectivity index (χ0) is 15.0. The lowest BCUT2D eigenvalue weighted by Crippen LogP contribution is -2.34. The molecule has 3 rings (SSSR count). The number of para-hydroxylation sites is 1. The molecular weight excluding hydrogens is 270 g/mol. The number of hydrogen-bond acceptors (Lipinski definition) is 4. The van der Waals surface area contributed by atoms with Crippen LogP contribution < -0.4 is 5.32 Å².